The van der Waals surface area contributed by atoms with Crippen LogP contribution in [0.2, 0.25) is 0 Å². The molecule has 0 atom stereocenters. The van der Waals surface area contributed by atoms with E-state index < -0.39 is 0 Å². The van der Waals surface area contributed by atoms with Gasteiger partial charge in [0.15, 0.2) is 0 Å². The van der Waals surface area contributed by atoms with Gasteiger partial charge in [0.1, 0.15) is 0 Å². The highest BCUT2D eigenvalue weighted by atomic mass is 32.2. The summed E-state index contributed by atoms with van der Waals surface area (Å²) in [6.07, 6.45) is 0. The third-order valence-corrected chi connectivity index (χ3v) is 4.54. The van der Waals surface area contributed by atoms with Gasteiger partial charge in [-0.3, -0.25) is 4.79 Å². The summed E-state index contributed by atoms with van der Waals surface area (Å²) in [5.74, 6) is 1.33. The Morgan fingerprint density at radius 1 is 0.950 bits per heavy atom. The van der Waals surface area contributed by atoms with Gasteiger partial charge in [-0.2, -0.15) is 0 Å². The molecule has 1 amide bonds. The first-order valence-corrected chi connectivity index (χ1v) is 8.16. The fourth-order valence-electron chi connectivity index (χ4n) is 2.15. The van der Waals surface area contributed by atoms with Crippen molar-refractivity contribution in [1.29, 1.82) is 0 Å². The molecule has 20 heavy (non-hydrogen) atoms. The monoisotopic (exact) mass is 293 g/mol. The van der Waals surface area contributed by atoms with Crippen molar-refractivity contribution in [3.05, 3.63) is 28.8 Å². The first-order chi connectivity index (χ1) is 9.27. The van der Waals surface area contributed by atoms with Gasteiger partial charge < -0.3 is 5.32 Å². The first-order valence-electron chi connectivity index (χ1n) is 7.35. The third-order valence-electron chi connectivity index (χ3n) is 3.48. The van der Waals surface area contributed by atoms with Gasteiger partial charge in [0.25, 0.3) is 5.24 Å². The van der Waals surface area contributed by atoms with Gasteiger partial charge in [-0.15, -0.1) is 0 Å². The molecule has 112 valence electrons. The van der Waals surface area contributed by atoms with Crippen LogP contribution in [0.5, 0.6) is 0 Å². The molecule has 1 rings (SSSR count). The molecular formula is C17H27NOS. The van der Waals surface area contributed by atoms with Crippen LogP contribution >= 0.6 is 11.8 Å². The maximum atomic E-state index is 11.8. The Kier molecular flexibility index (Phi) is 6.12. The summed E-state index contributed by atoms with van der Waals surface area (Å²) in [6, 6.07) is 4.54. The summed E-state index contributed by atoms with van der Waals surface area (Å²) in [5.41, 5.74) is 3.93. The zero-order chi connectivity index (χ0) is 15.4. The van der Waals surface area contributed by atoms with E-state index in [0.717, 1.165) is 4.90 Å². The molecule has 1 N–H and O–H groups in total. The van der Waals surface area contributed by atoms with E-state index in [-0.39, 0.29) is 5.24 Å². The van der Waals surface area contributed by atoms with E-state index in [4.69, 9.17) is 0 Å². The van der Waals surface area contributed by atoms with E-state index in [1.165, 1.54) is 28.5 Å². The highest BCUT2D eigenvalue weighted by Gasteiger charge is 2.19. The smallest absolute Gasteiger partial charge is 0.283 e. The van der Waals surface area contributed by atoms with Crippen molar-refractivity contribution in [3.8, 4) is 0 Å². The molecular weight excluding hydrogens is 266 g/mol. The molecule has 0 bridgehead atoms. The molecule has 1 aromatic rings. The van der Waals surface area contributed by atoms with Crippen molar-refractivity contribution < 1.29 is 4.79 Å². The van der Waals surface area contributed by atoms with Gasteiger partial charge in [-0.1, -0.05) is 53.7 Å². The Morgan fingerprint density at radius 2 is 1.40 bits per heavy atom. The van der Waals surface area contributed by atoms with Crippen LogP contribution in [0.3, 0.4) is 0 Å². The average Bonchev–Trinajstić information content (AvgIpc) is 2.37. The second kappa shape index (κ2) is 7.16. The van der Waals surface area contributed by atoms with Crippen molar-refractivity contribution in [3.63, 3.8) is 0 Å². The van der Waals surface area contributed by atoms with Crippen LogP contribution in [0.15, 0.2) is 17.0 Å². The zero-order valence-corrected chi connectivity index (χ0v) is 14.5. The van der Waals surface area contributed by atoms with Gasteiger partial charge in [-0.05, 0) is 46.2 Å². The van der Waals surface area contributed by atoms with Crippen molar-refractivity contribution in [2.45, 2.75) is 64.2 Å². The standard InChI is InChI=1S/C17H27NOS/c1-10(2)13-8-14(11(3)4)16(20-17(19)18-7)15(9-13)12(5)6/h8-12H,1-7H3,(H,18,19). The van der Waals surface area contributed by atoms with Gasteiger partial charge >= 0.3 is 0 Å². The Bertz CT molecular complexity index is 449. The number of hydrogen-bond acceptors (Lipinski definition) is 2. The van der Waals surface area contributed by atoms with Crippen molar-refractivity contribution in [2.24, 2.45) is 0 Å². The predicted octanol–water partition coefficient (Wildman–Crippen LogP) is 5.49. The lowest BCUT2D eigenvalue weighted by molar-refractivity contribution is 0.262. The number of amides is 1. The maximum absolute atomic E-state index is 11.8. The number of carbonyl (C=O) groups excluding carboxylic acids is 1. The summed E-state index contributed by atoms with van der Waals surface area (Å²) in [7, 11) is 1.68. The molecule has 2 nitrogen and oxygen atoms in total. The van der Waals surface area contributed by atoms with Crippen molar-refractivity contribution in [2.75, 3.05) is 7.05 Å². The fraction of sp³-hybridized carbons (Fsp3) is 0.588. The normalized spacial score (nSPS) is 11.5. The summed E-state index contributed by atoms with van der Waals surface area (Å²) in [6.45, 7) is 13.2. The van der Waals surface area contributed by atoms with Gasteiger partial charge in [-0.25, -0.2) is 0 Å². The van der Waals surface area contributed by atoms with E-state index in [1.807, 2.05) is 0 Å². The summed E-state index contributed by atoms with van der Waals surface area (Å²) >= 11 is 1.32. The molecule has 0 aliphatic rings. The summed E-state index contributed by atoms with van der Waals surface area (Å²) in [5, 5.41) is 2.71. The summed E-state index contributed by atoms with van der Waals surface area (Å²) in [4.78, 5) is 12.9. The number of thioether (sulfide) groups is 1. The molecule has 0 aliphatic carbocycles. The topological polar surface area (TPSA) is 29.1 Å². The van der Waals surface area contributed by atoms with E-state index in [0.29, 0.717) is 17.8 Å². The van der Waals surface area contributed by atoms with Gasteiger partial charge in [0.05, 0.1) is 0 Å². The lowest BCUT2D eigenvalue weighted by Crippen LogP contribution is -2.13. The van der Waals surface area contributed by atoms with Gasteiger partial charge in [0.2, 0.25) is 0 Å². The molecule has 0 spiro atoms. The molecule has 3 heteroatoms. The van der Waals surface area contributed by atoms with Crippen LogP contribution in [0, 0.1) is 0 Å². The van der Waals surface area contributed by atoms with Crippen LogP contribution in [-0.4, -0.2) is 12.3 Å². The Labute approximate surface area is 127 Å². The minimum atomic E-state index is 0.00565. The number of hydrogen-bond donors (Lipinski definition) is 1. The van der Waals surface area contributed by atoms with E-state index in [2.05, 4.69) is 59.0 Å². The Morgan fingerprint density at radius 3 is 1.70 bits per heavy atom. The second-order valence-electron chi connectivity index (χ2n) is 6.13. The highest BCUT2D eigenvalue weighted by Crippen LogP contribution is 2.38. The fourth-order valence-corrected chi connectivity index (χ4v) is 3.26. The molecule has 0 fully saturated rings. The van der Waals surface area contributed by atoms with Gasteiger partial charge in [0, 0.05) is 11.9 Å². The quantitative estimate of drug-likeness (QED) is 0.744. The highest BCUT2D eigenvalue weighted by molar-refractivity contribution is 8.13. The van der Waals surface area contributed by atoms with Crippen LogP contribution in [-0.2, 0) is 0 Å². The Balaban J connectivity index is 3.46. The lowest BCUT2D eigenvalue weighted by atomic mass is 9.89. The number of benzene rings is 1. The molecule has 0 saturated heterocycles. The van der Waals surface area contributed by atoms with E-state index in [1.54, 1.807) is 7.05 Å². The van der Waals surface area contributed by atoms with Crippen molar-refractivity contribution >= 4 is 17.0 Å². The average molecular weight is 293 g/mol. The van der Waals surface area contributed by atoms with Crippen LogP contribution in [0.4, 0.5) is 4.79 Å². The zero-order valence-electron chi connectivity index (χ0n) is 13.7. The predicted molar refractivity (Wildman–Crippen MR) is 89.0 cm³/mol. The van der Waals surface area contributed by atoms with E-state index in [9.17, 15) is 4.79 Å². The SMILES string of the molecule is CNC(=O)Sc1c(C(C)C)cc(C(C)C)cc1C(C)C. The molecule has 0 aromatic heterocycles. The molecule has 0 aliphatic heterocycles. The van der Waals surface area contributed by atoms with Crippen LogP contribution in [0.25, 0.3) is 0 Å². The minimum Gasteiger partial charge on any atom is -0.350 e. The maximum Gasteiger partial charge on any atom is 0.283 e. The minimum absolute atomic E-state index is 0.00565. The molecule has 0 unspecified atom stereocenters. The number of rotatable bonds is 4. The number of carbonyl (C=O) groups is 1. The molecule has 1 aromatic carbocycles. The van der Waals surface area contributed by atoms with Crippen LogP contribution in [0.1, 0.15) is 76.0 Å². The first kappa shape index (κ1) is 17.1. The van der Waals surface area contributed by atoms with Crippen LogP contribution < -0.4 is 5.32 Å². The van der Waals surface area contributed by atoms with E-state index >= 15 is 0 Å². The molecule has 0 saturated carbocycles. The number of nitrogens with one attached hydrogen (secondary N) is 1. The largest absolute Gasteiger partial charge is 0.350 e. The lowest BCUT2D eigenvalue weighted by Gasteiger charge is -2.21. The molecule has 0 radical (unpaired) electrons. The van der Waals surface area contributed by atoms with Crippen molar-refractivity contribution in [1.82, 2.24) is 5.32 Å². The Hall–Kier alpha value is -0.960. The molecule has 0 heterocycles. The second-order valence-corrected chi connectivity index (χ2v) is 7.12. The third kappa shape index (κ3) is 4.02. The summed E-state index contributed by atoms with van der Waals surface area (Å²) < 4.78 is 0.